The van der Waals surface area contributed by atoms with Crippen LogP contribution in [0.1, 0.15) is 0 Å². The average Bonchev–Trinajstić information content (AvgIpc) is 2.22. The van der Waals surface area contributed by atoms with Crippen molar-refractivity contribution in [3.8, 4) is 11.6 Å². The molecule has 0 aliphatic heterocycles. The van der Waals surface area contributed by atoms with E-state index in [-0.39, 0.29) is 33.4 Å². The third kappa shape index (κ3) is 2.87. The van der Waals surface area contributed by atoms with Crippen LogP contribution in [0.5, 0.6) is 11.6 Å². The highest BCUT2D eigenvalue weighted by Gasteiger charge is 2.12. The highest BCUT2D eigenvalue weighted by Crippen LogP contribution is 2.38. The molecule has 0 fully saturated rings. The van der Waals surface area contributed by atoms with Gasteiger partial charge in [0, 0.05) is 11.1 Å². The minimum Gasteiger partial charge on any atom is -0.436 e. The van der Waals surface area contributed by atoms with Crippen LogP contribution in [0.15, 0.2) is 18.2 Å². The minimum atomic E-state index is -0.00814. The van der Waals surface area contributed by atoms with Crippen molar-refractivity contribution < 1.29 is 4.74 Å². The van der Waals surface area contributed by atoms with Gasteiger partial charge in [-0.3, -0.25) is 0 Å². The van der Waals surface area contributed by atoms with Crippen molar-refractivity contribution in [3.63, 3.8) is 0 Å². The Balaban J connectivity index is 2.40. The Morgan fingerprint density at radius 1 is 0.944 bits per heavy atom. The minimum absolute atomic E-state index is 0.00814. The standard InChI is InChI=1S/C10H7Cl3N4O/c11-4-1-5(12)9(6(13)2-4)18-8-3-7(14)16-10(15)17-8/h1-3H,(H4,14,15,16,17). The Bertz CT molecular complexity index is 562. The number of aromatic nitrogens is 2. The zero-order valence-electron chi connectivity index (χ0n) is 8.82. The van der Waals surface area contributed by atoms with Crippen molar-refractivity contribution in [1.29, 1.82) is 0 Å². The van der Waals surface area contributed by atoms with Crippen molar-refractivity contribution in [1.82, 2.24) is 9.97 Å². The first kappa shape index (κ1) is 13.0. The lowest BCUT2D eigenvalue weighted by Gasteiger charge is -2.09. The molecule has 94 valence electrons. The third-order valence-corrected chi connectivity index (χ3v) is 2.69. The van der Waals surface area contributed by atoms with Gasteiger partial charge in [-0.1, -0.05) is 34.8 Å². The molecule has 1 aromatic heterocycles. The molecule has 5 nitrogen and oxygen atoms in total. The fraction of sp³-hybridized carbons (Fsp3) is 0. The van der Waals surface area contributed by atoms with Crippen LogP contribution >= 0.6 is 34.8 Å². The van der Waals surface area contributed by atoms with E-state index < -0.39 is 0 Å². The molecule has 0 atom stereocenters. The van der Waals surface area contributed by atoms with E-state index in [2.05, 4.69) is 9.97 Å². The summed E-state index contributed by atoms with van der Waals surface area (Å²) in [6.07, 6.45) is 0. The van der Waals surface area contributed by atoms with Crippen molar-refractivity contribution >= 4 is 46.6 Å². The molecule has 0 bridgehead atoms. The molecular weight excluding hydrogens is 298 g/mol. The Morgan fingerprint density at radius 3 is 2.11 bits per heavy atom. The maximum Gasteiger partial charge on any atom is 0.226 e. The fourth-order valence-electron chi connectivity index (χ4n) is 1.24. The molecule has 0 saturated heterocycles. The van der Waals surface area contributed by atoms with Crippen LogP contribution in [-0.2, 0) is 0 Å². The van der Waals surface area contributed by atoms with Crippen LogP contribution in [0.25, 0.3) is 0 Å². The summed E-state index contributed by atoms with van der Waals surface area (Å²) in [7, 11) is 0. The van der Waals surface area contributed by atoms with E-state index in [0.29, 0.717) is 5.02 Å². The maximum absolute atomic E-state index is 5.96. The van der Waals surface area contributed by atoms with Gasteiger partial charge in [0.25, 0.3) is 0 Å². The third-order valence-electron chi connectivity index (χ3n) is 1.91. The molecule has 1 heterocycles. The lowest BCUT2D eigenvalue weighted by Crippen LogP contribution is -2.01. The highest BCUT2D eigenvalue weighted by molar-refractivity contribution is 6.40. The monoisotopic (exact) mass is 304 g/mol. The molecular formula is C10H7Cl3N4O. The molecule has 1 aromatic carbocycles. The van der Waals surface area contributed by atoms with Crippen LogP contribution < -0.4 is 16.2 Å². The van der Waals surface area contributed by atoms with Gasteiger partial charge in [0.2, 0.25) is 11.8 Å². The second kappa shape index (κ2) is 5.06. The van der Waals surface area contributed by atoms with E-state index >= 15 is 0 Å². The molecule has 0 radical (unpaired) electrons. The average molecular weight is 306 g/mol. The number of hydrogen-bond acceptors (Lipinski definition) is 5. The van der Waals surface area contributed by atoms with E-state index in [4.69, 9.17) is 51.0 Å². The summed E-state index contributed by atoms with van der Waals surface area (Å²) < 4.78 is 5.42. The van der Waals surface area contributed by atoms with Gasteiger partial charge in [-0.15, -0.1) is 0 Å². The van der Waals surface area contributed by atoms with Crippen molar-refractivity contribution in [2.75, 3.05) is 11.5 Å². The Labute approximate surface area is 118 Å². The van der Waals surface area contributed by atoms with Crippen LogP contribution in [0.4, 0.5) is 11.8 Å². The molecule has 0 saturated carbocycles. The summed E-state index contributed by atoms with van der Waals surface area (Å²) in [4.78, 5) is 7.56. The van der Waals surface area contributed by atoms with E-state index in [1.54, 1.807) is 0 Å². The second-order valence-electron chi connectivity index (χ2n) is 3.29. The summed E-state index contributed by atoms with van der Waals surface area (Å²) in [5.74, 6) is 0.538. The van der Waals surface area contributed by atoms with Crippen molar-refractivity contribution in [2.24, 2.45) is 0 Å². The number of anilines is 2. The zero-order chi connectivity index (χ0) is 13.3. The molecule has 4 N–H and O–H groups in total. The van der Waals surface area contributed by atoms with E-state index in [1.807, 2.05) is 0 Å². The molecule has 0 spiro atoms. The number of rotatable bonds is 2. The number of halogens is 3. The molecule has 0 unspecified atom stereocenters. The largest absolute Gasteiger partial charge is 0.436 e. The fourth-order valence-corrected chi connectivity index (χ4v) is 2.14. The molecule has 2 rings (SSSR count). The van der Waals surface area contributed by atoms with Gasteiger partial charge in [-0.05, 0) is 12.1 Å². The van der Waals surface area contributed by atoms with Gasteiger partial charge < -0.3 is 16.2 Å². The topological polar surface area (TPSA) is 87.0 Å². The SMILES string of the molecule is Nc1cc(Oc2c(Cl)cc(Cl)cc2Cl)nc(N)n1. The molecule has 8 heteroatoms. The first-order valence-corrected chi connectivity index (χ1v) is 5.81. The number of hydrogen-bond donors (Lipinski definition) is 2. The van der Waals surface area contributed by atoms with E-state index in [0.717, 1.165) is 0 Å². The Morgan fingerprint density at radius 2 is 1.56 bits per heavy atom. The van der Waals surface area contributed by atoms with Gasteiger partial charge in [0.15, 0.2) is 5.75 Å². The van der Waals surface area contributed by atoms with Gasteiger partial charge in [-0.2, -0.15) is 9.97 Å². The smallest absolute Gasteiger partial charge is 0.226 e. The van der Waals surface area contributed by atoms with Crippen LogP contribution in [-0.4, -0.2) is 9.97 Å². The first-order chi connectivity index (χ1) is 8.45. The van der Waals surface area contributed by atoms with Gasteiger partial charge in [0.05, 0.1) is 10.0 Å². The second-order valence-corrected chi connectivity index (χ2v) is 4.54. The Hall–Kier alpha value is -1.43. The molecule has 18 heavy (non-hydrogen) atoms. The van der Waals surface area contributed by atoms with E-state index in [1.165, 1.54) is 18.2 Å². The van der Waals surface area contributed by atoms with Gasteiger partial charge in [0.1, 0.15) is 5.82 Å². The predicted molar refractivity (Wildman–Crippen MR) is 72.4 cm³/mol. The van der Waals surface area contributed by atoms with Crippen LogP contribution in [0.2, 0.25) is 15.1 Å². The van der Waals surface area contributed by atoms with Crippen LogP contribution in [0, 0.1) is 0 Å². The molecule has 0 aliphatic carbocycles. The summed E-state index contributed by atoms with van der Waals surface area (Å²) in [6, 6.07) is 4.40. The number of benzene rings is 1. The molecule has 2 aromatic rings. The number of nitrogens with zero attached hydrogens (tertiary/aromatic N) is 2. The molecule has 0 aliphatic rings. The summed E-state index contributed by atoms with van der Waals surface area (Å²) in [5, 5.41) is 0.908. The van der Waals surface area contributed by atoms with Crippen molar-refractivity contribution in [3.05, 3.63) is 33.3 Å². The quantitative estimate of drug-likeness (QED) is 0.888. The number of ether oxygens (including phenoxy) is 1. The molecule has 0 amide bonds. The van der Waals surface area contributed by atoms with Crippen LogP contribution in [0.3, 0.4) is 0 Å². The Kier molecular flexibility index (Phi) is 3.65. The summed E-state index contributed by atoms with van der Waals surface area (Å²) in [6.45, 7) is 0. The van der Waals surface area contributed by atoms with E-state index in [9.17, 15) is 0 Å². The number of nitrogens with two attached hydrogens (primary N) is 2. The predicted octanol–water partition coefficient (Wildman–Crippen LogP) is 3.39. The lowest BCUT2D eigenvalue weighted by molar-refractivity contribution is 0.463. The normalized spacial score (nSPS) is 10.4. The lowest BCUT2D eigenvalue weighted by atomic mass is 10.3. The van der Waals surface area contributed by atoms with Crippen molar-refractivity contribution in [2.45, 2.75) is 0 Å². The summed E-state index contributed by atoms with van der Waals surface area (Å²) in [5.41, 5.74) is 11.0. The van der Waals surface area contributed by atoms with Gasteiger partial charge >= 0.3 is 0 Å². The number of nitrogen functional groups attached to an aromatic ring is 2. The maximum atomic E-state index is 5.96. The summed E-state index contributed by atoms with van der Waals surface area (Å²) >= 11 is 17.7. The van der Waals surface area contributed by atoms with Gasteiger partial charge in [-0.25, -0.2) is 0 Å². The first-order valence-electron chi connectivity index (χ1n) is 4.68. The zero-order valence-corrected chi connectivity index (χ0v) is 11.1. The highest BCUT2D eigenvalue weighted by atomic mass is 35.5.